The predicted octanol–water partition coefficient (Wildman–Crippen LogP) is 2.57. The van der Waals surface area contributed by atoms with Crippen molar-refractivity contribution >= 4 is 17.7 Å². The van der Waals surface area contributed by atoms with Crippen LogP contribution in [0, 0.1) is 0 Å². The van der Waals surface area contributed by atoms with Crippen molar-refractivity contribution in [2.75, 3.05) is 18.0 Å². The number of aliphatic carboxylic acids is 1. The molecule has 0 aliphatic carbocycles. The fourth-order valence-corrected chi connectivity index (χ4v) is 2.55. The van der Waals surface area contributed by atoms with Gasteiger partial charge in [-0.1, -0.05) is 18.2 Å². The van der Waals surface area contributed by atoms with Crippen molar-refractivity contribution in [3.8, 4) is 0 Å². The molecule has 1 fully saturated rings. The minimum Gasteiger partial charge on any atom is -0.480 e. The maximum absolute atomic E-state index is 12.6. The fourth-order valence-electron chi connectivity index (χ4n) is 2.55. The summed E-state index contributed by atoms with van der Waals surface area (Å²) in [6.07, 6.45) is 3.07. The third-order valence-corrected chi connectivity index (χ3v) is 3.64. The number of hydrogen-bond acceptors (Lipinski definition) is 2. The lowest BCUT2D eigenvalue weighted by Crippen LogP contribution is -2.50. The molecule has 20 heavy (non-hydrogen) atoms. The standard InChI is InChI=1S/C15H20N2O3/c1-12-7-5-6-10-16(12)15(20)17(11-14(18)19)13-8-3-2-4-9-13/h2-4,8-9,12H,5-7,10-11H2,1H3,(H,18,19). The second-order valence-electron chi connectivity index (χ2n) is 5.14. The SMILES string of the molecule is CC1CCCCN1C(=O)N(CC(=O)O)c1ccccc1. The number of carboxylic acids is 1. The van der Waals surface area contributed by atoms with Crippen LogP contribution in [-0.2, 0) is 4.79 Å². The number of carbonyl (C=O) groups excluding carboxylic acids is 1. The van der Waals surface area contributed by atoms with Gasteiger partial charge >= 0.3 is 12.0 Å². The Hall–Kier alpha value is -2.04. The van der Waals surface area contributed by atoms with Crippen LogP contribution in [0.25, 0.3) is 0 Å². The second kappa shape index (κ2) is 6.41. The van der Waals surface area contributed by atoms with Gasteiger partial charge in [-0.15, -0.1) is 0 Å². The first-order chi connectivity index (χ1) is 9.59. The van der Waals surface area contributed by atoms with Crippen LogP contribution in [0.5, 0.6) is 0 Å². The Morgan fingerprint density at radius 3 is 2.60 bits per heavy atom. The molecule has 2 amide bonds. The Balaban J connectivity index is 2.22. The van der Waals surface area contributed by atoms with Crippen LogP contribution in [-0.4, -0.2) is 41.1 Å². The molecule has 1 unspecified atom stereocenters. The van der Waals surface area contributed by atoms with Gasteiger partial charge in [-0.2, -0.15) is 0 Å². The third kappa shape index (κ3) is 3.29. The minimum atomic E-state index is -1.01. The monoisotopic (exact) mass is 276 g/mol. The summed E-state index contributed by atoms with van der Waals surface area (Å²) in [5.74, 6) is -1.01. The summed E-state index contributed by atoms with van der Waals surface area (Å²) in [4.78, 5) is 26.8. The Morgan fingerprint density at radius 1 is 1.30 bits per heavy atom. The summed E-state index contributed by atoms with van der Waals surface area (Å²) in [5.41, 5.74) is 0.623. The van der Waals surface area contributed by atoms with Crippen molar-refractivity contribution in [2.45, 2.75) is 32.2 Å². The average molecular weight is 276 g/mol. The van der Waals surface area contributed by atoms with E-state index < -0.39 is 5.97 Å². The Labute approximate surface area is 118 Å². The van der Waals surface area contributed by atoms with Gasteiger partial charge in [-0.25, -0.2) is 4.79 Å². The van der Waals surface area contributed by atoms with Gasteiger partial charge in [0.05, 0.1) is 0 Å². The molecule has 0 radical (unpaired) electrons. The first-order valence-electron chi connectivity index (χ1n) is 6.94. The van der Waals surface area contributed by atoms with Crippen molar-refractivity contribution in [1.82, 2.24) is 4.90 Å². The molecule has 108 valence electrons. The molecule has 0 saturated carbocycles. The highest BCUT2D eigenvalue weighted by Gasteiger charge is 2.29. The molecule has 1 aliphatic rings. The van der Waals surface area contributed by atoms with Gasteiger partial charge in [0.15, 0.2) is 0 Å². The number of benzene rings is 1. The molecule has 1 aliphatic heterocycles. The van der Waals surface area contributed by atoms with Gasteiger partial charge in [0.2, 0.25) is 0 Å². The molecular formula is C15H20N2O3. The average Bonchev–Trinajstić information content (AvgIpc) is 2.45. The zero-order valence-corrected chi connectivity index (χ0v) is 11.7. The predicted molar refractivity (Wildman–Crippen MR) is 76.8 cm³/mol. The largest absolute Gasteiger partial charge is 0.480 e. The molecule has 5 heteroatoms. The van der Waals surface area contributed by atoms with Crippen LogP contribution in [0.3, 0.4) is 0 Å². The molecule has 0 spiro atoms. The van der Waals surface area contributed by atoms with Crippen molar-refractivity contribution in [1.29, 1.82) is 0 Å². The maximum atomic E-state index is 12.6. The van der Waals surface area contributed by atoms with Crippen LogP contribution < -0.4 is 4.90 Å². The van der Waals surface area contributed by atoms with E-state index in [0.29, 0.717) is 12.2 Å². The van der Waals surface area contributed by atoms with Crippen LogP contribution in [0.15, 0.2) is 30.3 Å². The van der Waals surface area contributed by atoms with E-state index >= 15 is 0 Å². The van der Waals surface area contributed by atoms with E-state index in [-0.39, 0.29) is 18.6 Å². The summed E-state index contributed by atoms with van der Waals surface area (Å²) in [7, 11) is 0. The van der Waals surface area contributed by atoms with E-state index in [9.17, 15) is 9.59 Å². The second-order valence-corrected chi connectivity index (χ2v) is 5.14. The molecule has 5 nitrogen and oxygen atoms in total. The van der Waals surface area contributed by atoms with E-state index in [0.717, 1.165) is 19.3 Å². The Morgan fingerprint density at radius 2 is 2.00 bits per heavy atom. The highest BCUT2D eigenvalue weighted by Crippen LogP contribution is 2.21. The van der Waals surface area contributed by atoms with Crippen LogP contribution in [0.2, 0.25) is 0 Å². The number of rotatable bonds is 3. The molecule has 1 aromatic rings. The number of carboxylic acid groups (broad SMARTS) is 1. The van der Waals surface area contributed by atoms with Crippen LogP contribution >= 0.6 is 0 Å². The molecule has 1 aromatic carbocycles. The van der Waals surface area contributed by atoms with Gasteiger partial charge in [0.25, 0.3) is 0 Å². The molecule has 0 bridgehead atoms. The van der Waals surface area contributed by atoms with Crippen molar-refractivity contribution in [3.63, 3.8) is 0 Å². The maximum Gasteiger partial charge on any atom is 0.325 e. The topological polar surface area (TPSA) is 60.9 Å². The van der Waals surface area contributed by atoms with Crippen molar-refractivity contribution in [2.24, 2.45) is 0 Å². The number of para-hydroxylation sites is 1. The van der Waals surface area contributed by atoms with Gasteiger partial charge in [-0.05, 0) is 38.3 Å². The number of carbonyl (C=O) groups is 2. The number of amides is 2. The van der Waals surface area contributed by atoms with E-state index in [2.05, 4.69) is 0 Å². The number of likely N-dealkylation sites (tertiary alicyclic amines) is 1. The number of urea groups is 1. The molecule has 1 N–H and O–H groups in total. The smallest absolute Gasteiger partial charge is 0.325 e. The van der Waals surface area contributed by atoms with E-state index in [1.807, 2.05) is 13.0 Å². The van der Waals surface area contributed by atoms with E-state index in [4.69, 9.17) is 5.11 Å². The summed E-state index contributed by atoms with van der Waals surface area (Å²) in [5, 5.41) is 9.05. The van der Waals surface area contributed by atoms with Crippen molar-refractivity contribution in [3.05, 3.63) is 30.3 Å². The minimum absolute atomic E-state index is 0.163. The Bertz CT molecular complexity index is 475. The summed E-state index contributed by atoms with van der Waals surface area (Å²) in [6.45, 7) is 2.40. The van der Waals surface area contributed by atoms with Gasteiger partial charge in [-0.3, -0.25) is 9.69 Å². The van der Waals surface area contributed by atoms with Gasteiger partial charge in [0, 0.05) is 18.3 Å². The number of hydrogen-bond donors (Lipinski definition) is 1. The third-order valence-electron chi connectivity index (χ3n) is 3.64. The Kier molecular flexibility index (Phi) is 4.61. The molecule has 2 rings (SSSR count). The lowest BCUT2D eigenvalue weighted by molar-refractivity contribution is -0.135. The van der Waals surface area contributed by atoms with Crippen LogP contribution in [0.1, 0.15) is 26.2 Å². The summed E-state index contributed by atoms with van der Waals surface area (Å²) >= 11 is 0. The van der Waals surface area contributed by atoms with E-state index in [1.54, 1.807) is 29.2 Å². The number of piperidine rings is 1. The zero-order chi connectivity index (χ0) is 14.5. The highest BCUT2D eigenvalue weighted by atomic mass is 16.4. The summed E-state index contributed by atoms with van der Waals surface area (Å²) < 4.78 is 0. The highest BCUT2D eigenvalue weighted by molar-refractivity contribution is 5.96. The van der Waals surface area contributed by atoms with Gasteiger partial charge < -0.3 is 10.0 Å². The molecular weight excluding hydrogens is 256 g/mol. The molecule has 1 atom stereocenters. The number of nitrogens with zero attached hydrogens (tertiary/aromatic N) is 2. The van der Waals surface area contributed by atoms with E-state index in [1.165, 1.54) is 4.90 Å². The normalized spacial score (nSPS) is 18.6. The van der Waals surface area contributed by atoms with Gasteiger partial charge in [0.1, 0.15) is 6.54 Å². The molecule has 1 saturated heterocycles. The lowest BCUT2D eigenvalue weighted by atomic mass is 10.0. The first kappa shape index (κ1) is 14.4. The molecule has 0 aromatic heterocycles. The van der Waals surface area contributed by atoms with Crippen LogP contribution in [0.4, 0.5) is 10.5 Å². The zero-order valence-electron chi connectivity index (χ0n) is 11.7. The van der Waals surface area contributed by atoms with Crippen molar-refractivity contribution < 1.29 is 14.7 Å². The molecule has 1 heterocycles. The summed E-state index contributed by atoms with van der Waals surface area (Å²) in [6, 6.07) is 8.91. The first-order valence-corrected chi connectivity index (χ1v) is 6.94. The fraction of sp³-hybridized carbons (Fsp3) is 0.467. The lowest BCUT2D eigenvalue weighted by Gasteiger charge is -2.37. The quantitative estimate of drug-likeness (QED) is 0.923. The number of anilines is 1.